The first-order chi connectivity index (χ1) is 8.49. The minimum absolute atomic E-state index is 0.736. The molecule has 0 unspecified atom stereocenters. The number of hydrogen-bond acceptors (Lipinski definition) is 3. The number of rotatable bonds is 6. The van der Waals surface area contributed by atoms with Crippen LogP contribution in [0.3, 0.4) is 0 Å². The average molecular weight is 269 g/mol. The van der Waals surface area contributed by atoms with Gasteiger partial charge in [-0.2, -0.15) is 5.10 Å². The molecule has 0 spiro atoms. The van der Waals surface area contributed by atoms with Crippen molar-refractivity contribution in [1.82, 2.24) is 24.9 Å². The lowest BCUT2D eigenvalue weighted by molar-refractivity contribution is 0.397. The summed E-state index contributed by atoms with van der Waals surface area (Å²) in [5.74, 6) is 0. The number of nitrogens with one attached hydrogen (secondary N) is 1. The molecule has 5 nitrogen and oxygen atoms in total. The van der Waals surface area contributed by atoms with E-state index in [1.165, 1.54) is 0 Å². The maximum absolute atomic E-state index is 5.33. The molecule has 0 aromatic carbocycles. The van der Waals surface area contributed by atoms with Crippen molar-refractivity contribution in [2.45, 2.75) is 13.0 Å². The van der Waals surface area contributed by atoms with Gasteiger partial charge >= 0.3 is 0 Å². The Bertz CT molecular complexity index is 374. The molecule has 1 aromatic rings. The van der Waals surface area contributed by atoms with E-state index in [2.05, 4.69) is 29.4 Å². The first kappa shape index (κ1) is 14.9. The summed E-state index contributed by atoms with van der Waals surface area (Å²) < 4.78 is 1.80. The third-order valence-corrected chi connectivity index (χ3v) is 3.03. The Hall–Kier alpha value is -1.14. The summed E-state index contributed by atoms with van der Waals surface area (Å²) in [4.78, 5) is 4.18. The van der Waals surface area contributed by atoms with Gasteiger partial charge in [0, 0.05) is 26.8 Å². The SMILES string of the molecule is CN(C)CCCNC(=S)N(C)Cc1ccn(C)n1. The van der Waals surface area contributed by atoms with Gasteiger partial charge in [0.25, 0.3) is 0 Å². The van der Waals surface area contributed by atoms with Crippen LogP contribution in [0, 0.1) is 0 Å². The maximum atomic E-state index is 5.33. The Kier molecular flexibility index (Phi) is 6.07. The molecule has 0 aliphatic rings. The molecule has 0 amide bonds. The highest BCUT2D eigenvalue weighted by Crippen LogP contribution is 1.99. The Morgan fingerprint density at radius 3 is 2.72 bits per heavy atom. The lowest BCUT2D eigenvalue weighted by Crippen LogP contribution is -2.37. The quantitative estimate of drug-likeness (QED) is 0.607. The zero-order valence-corrected chi connectivity index (χ0v) is 12.5. The first-order valence-electron chi connectivity index (χ1n) is 6.11. The van der Waals surface area contributed by atoms with Crippen LogP contribution in [0.1, 0.15) is 12.1 Å². The normalized spacial score (nSPS) is 10.7. The second-order valence-corrected chi connectivity index (χ2v) is 5.11. The predicted molar refractivity (Wildman–Crippen MR) is 78.4 cm³/mol. The molecule has 0 radical (unpaired) electrons. The van der Waals surface area contributed by atoms with E-state index in [1.54, 1.807) is 4.68 Å². The summed E-state index contributed by atoms with van der Waals surface area (Å²) in [6.45, 7) is 2.71. The molecule has 0 aliphatic heterocycles. The van der Waals surface area contributed by atoms with Crippen molar-refractivity contribution in [1.29, 1.82) is 0 Å². The van der Waals surface area contributed by atoms with Gasteiger partial charge in [-0.1, -0.05) is 0 Å². The van der Waals surface area contributed by atoms with Gasteiger partial charge in [-0.3, -0.25) is 4.68 Å². The van der Waals surface area contributed by atoms with Crippen molar-refractivity contribution >= 4 is 17.3 Å². The molecule has 1 N–H and O–H groups in total. The van der Waals surface area contributed by atoms with Crippen LogP contribution in [0.4, 0.5) is 0 Å². The van der Waals surface area contributed by atoms with Gasteiger partial charge in [0.2, 0.25) is 0 Å². The standard InChI is InChI=1S/C12H23N5S/c1-15(2)8-5-7-13-12(18)16(3)10-11-6-9-17(4)14-11/h6,9H,5,7-8,10H2,1-4H3,(H,13,18). The van der Waals surface area contributed by atoms with Gasteiger partial charge in [-0.05, 0) is 45.3 Å². The van der Waals surface area contributed by atoms with Crippen LogP contribution in [0.25, 0.3) is 0 Å². The molecule has 0 saturated carbocycles. The van der Waals surface area contributed by atoms with Crippen LogP contribution in [-0.4, -0.2) is 58.9 Å². The van der Waals surface area contributed by atoms with E-state index in [9.17, 15) is 0 Å². The monoisotopic (exact) mass is 269 g/mol. The third kappa shape index (κ3) is 5.46. The van der Waals surface area contributed by atoms with Crippen molar-refractivity contribution in [2.75, 3.05) is 34.2 Å². The second kappa shape index (κ2) is 7.33. The molecular weight excluding hydrogens is 246 g/mol. The van der Waals surface area contributed by atoms with E-state index in [0.29, 0.717) is 0 Å². The maximum Gasteiger partial charge on any atom is 0.169 e. The molecule has 0 aliphatic carbocycles. The Morgan fingerprint density at radius 1 is 1.44 bits per heavy atom. The van der Waals surface area contributed by atoms with Crippen molar-refractivity contribution in [3.63, 3.8) is 0 Å². The summed E-state index contributed by atoms with van der Waals surface area (Å²) in [5, 5.41) is 8.37. The fourth-order valence-corrected chi connectivity index (χ4v) is 1.75. The molecule has 0 saturated heterocycles. The summed E-state index contributed by atoms with van der Waals surface area (Å²) in [5.41, 5.74) is 1.03. The van der Waals surface area contributed by atoms with E-state index in [-0.39, 0.29) is 0 Å². The minimum atomic E-state index is 0.736. The smallest absolute Gasteiger partial charge is 0.169 e. The Balaban J connectivity index is 2.24. The zero-order chi connectivity index (χ0) is 13.5. The highest BCUT2D eigenvalue weighted by atomic mass is 32.1. The number of thiocarbonyl (C=S) groups is 1. The lowest BCUT2D eigenvalue weighted by atomic mass is 10.4. The van der Waals surface area contributed by atoms with E-state index in [4.69, 9.17) is 12.2 Å². The summed E-state index contributed by atoms with van der Waals surface area (Å²) in [7, 11) is 8.05. The van der Waals surface area contributed by atoms with Crippen molar-refractivity contribution in [3.05, 3.63) is 18.0 Å². The first-order valence-corrected chi connectivity index (χ1v) is 6.52. The molecule has 1 rings (SSSR count). The van der Waals surface area contributed by atoms with Gasteiger partial charge in [0.1, 0.15) is 0 Å². The van der Waals surface area contributed by atoms with E-state index in [1.807, 2.05) is 31.3 Å². The van der Waals surface area contributed by atoms with Gasteiger partial charge in [0.05, 0.1) is 12.2 Å². The minimum Gasteiger partial charge on any atom is -0.363 e. The predicted octanol–water partition coefficient (Wildman–Crippen LogP) is 0.678. The van der Waals surface area contributed by atoms with Gasteiger partial charge < -0.3 is 15.1 Å². The topological polar surface area (TPSA) is 36.3 Å². The zero-order valence-electron chi connectivity index (χ0n) is 11.7. The Morgan fingerprint density at radius 2 is 2.17 bits per heavy atom. The molecule has 102 valence electrons. The number of aromatic nitrogens is 2. The number of hydrogen-bond donors (Lipinski definition) is 1. The molecule has 6 heteroatoms. The number of aryl methyl sites for hydroxylation is 1. The van der Waals surface area contributed by atoms with Crippen LogP contribution in [0.2, 0.25) is 0 Å². The largest absolute Gasteiger partial charge is 0.363 e. The van der Waals surface area contributed by atoms with Crippen LogP contribution >= 0.6 is 12.2 Å². The highest BCUT2D eigenvalue weighted by molar-refractivity contribution is 7.80. The van der Waals surface area contributed by atoms with Crippen LogP contribution < -0.4 is 5.32 Å². The van der Waals surface area contributed by atoms with Crippen molar-refractivity contribution < 1.29 is 0 Å². The molecule has 18 heavy (non-hydrogen) atoms. The fourth-order valence-electron chi connectivity index (χ4n) is 1.59. The van der Waals surface area contributed by atoms with E-state index in [0.717, 1.165) is 36.9 Å². The fraction of sp³-hybridized carbons (Fsp3) is 0.667. The second-order valence-electron chi connectivity index (χ2n) is 4.73. The van der Waals surface area contributed by atoms with Crippen LogP contribution in [0.15, 0.2) is 12.3 Å². The van der Waals surface area contributed by atoms with Gasteiger partial charge in [-0.25, -0.2) is 0 Å². The summed E-state index contributed by atoms with van der Waals surface area (Å²) >= 11 is 5.33. The average Bonchev–Trinajstić information content (AvgIpc) is 2.69. The molecule has 1 aromatic heterocycles. The molecule has 0 atom stereocenters. The third-order valence-electron chi connectivity index (χ3n) is 2.57. The molecule has 0 bridgehead atoms. The molecule has 1 heterocycles. The van der Waals surface area contributed by atoms with Crippen molar-refractivity contribution in [2.24, 2.45) is 7.05 Å². The van der Waals surface area contributed by atoms with Crippen LogP contribution in [0.5, 0.6) is 0 Å². The highest BCUT2D eigenvalue weighted by Gasteiger charge is 2.06. The van der Waals surface area contributed by atoms with Gasteiger partial charge in [-0.15, -0.1) is 0 Å². The van der Waals surface area contributed by atoms with E-state index >= 15 is 0 Å². The molecular formula is C12H23N5S. The lowest BCUT2D eigenvalue weighted by Gasteiger charge is -2.20. The number of nitrogens with zero attached hydrogens (tertiary/aromatic N) is 4. The van der Waals surface area contributed by atoms with E-state index < -0.39 is 0 Å². The Labute approximate surface area is 115 Å². The summed E-state index contributed by atoms with van der Waals surface area (Å²) in [6.07, 6.45) is 3.03. The van der Waals surface area contributed by atoms with Gasteiger partial charge in [0.15, 0.2) is 5.11 Å². The van der Waals surface area contributed by atoms with Crippen LogP contribution in [-0.2, 0) is 13.6 Å². The molecule has 0 fully saturated rings. The van der Waals surface area contributed by atoms with Crippen molar-refractivity contribution in [3.8, 4) is 0 Å². The summed E-state index contributed by atoms with van der Waals surface area (Å²) in [6, 6.07) is 2.01.